The Morgan fingerprint density at radius 2 is 1.90 bits per heavy atom. The lowest BCUT2D eigenvalue weighted by molar-refractivity contribution is -0.121. The van der Waals surface area contributed by atoms with Gasteiger partial charge in [-0.1, -0.05) is 18.5 Å². The molecule has 2 rings (SSSR count). The van der Waals surface area contributed by atoms with Crippen molar-refractivity contribution >= 4 is 35.2 Å². The van der Waals surface area contributed by atoms with Crippen molar-refractivity contribution < 1.29 is 32.2 Å². The highest BCUT2D eigenvalue weighted by Gasteiger charge is 2.15. The van der Waals surface area contributed by atoms with Crippen molar-refractivity contribution in [3.63, 3.8) is 0 Å². The van der Waals surface area contributed by atoms with Gasteiger partial charge in [-0.25, -0.2) is 13.2 Å². The summed E-state index contributed by atoms with van der Waals surface area (Å²) in [5, 5.41) is 4.64. The molecule has 0 aromatic heterocycles. The Balaban J connectivity index is 1.96. The van der Waals surface area contributed by atoms with Crippen LogP contribution in [0, 0.1) is 17.5 Å². The standard InChI is InChI=1S/C21H20ClF3N2O4/c1-3-8-31-21-13(22)9-12(10-16(21)30-2)4-7-17(28)26-11-18(29)27-15-6-5-14(23)19(24)20(15)25/h4-7,9-10H,3,8,11H2,1-2H3,(H,26,28)(H,27,29). The average Bonchev–Trinajstić information content (AvgIpc) is 2.75. The van der Waals surface area contributed by atoms with Crippen molar-refractivity contribution in [2.75, 3.05) is 25.6 Å². The first-order valence-corrected chi connectivity index (χ1v) is 9.54. The molecule has 2 amide bonds. The van der Waals surface area contributed by atoms with Crippen LogP contribution >= 0.6 is 11.6 Å². The molecule has 0 saturated heterocycles. The molecule has 10 heteroatoms. The van der Waals surface area contributed by atoms with Gasteiger partial charge in [-0.2, -0.15) is 0 Å². The highest BCUT2D eigenvalue weighted by atomic mass is 35.5. The first-order valence-electron chi connectivity index (χ1n) is 9.16. The number of carbonyl (C=O) groups is 2. The van der Waals surface area contributed by atoms with Crippen molar-refractivity contribution in [2.24, 2.45) is 0 Å². The van der Waals surface area contributed by atoms with E-state index in [1.165, 1.54) is 13.2 Å². The van der Waals surface area contributed by atoms with E-state index >= 15 is 0 Å². The maximum atomic E-state index is 13.6. The minimum Gasteiger partial charge on any atom is -0.493 e. The molecular formula is C21H20ClF3N2O4. The predicted molar refractivity (Wildman–Crippen MR) is 111 cm³/mol. The second-order valence-electron chi connectivity index (χ2n) is 6.20. The molecule has 0 atom stereocenters. The van der Waals surface area contributed by atoms with Crippen molar-refractivity contribution in [3.05, 3.63) is 58.4 Å². The Kier molecular flexibility index (Phi) is 8.75. The van der Waals surface area contributed by atoms with E-state index in [0.29, 0.717) is 34.8 Å². The number of benzene rings is 2. The molecule has 0 unspecified atom stereocenters. The lowest BCUT2D eigenvalue weighted by atomic mass is 10.2. The maximum Gasteiger partial charge on any atom is 0.244 e. The Bertz CT molecular complexity index is 999. The van der Waals surface area contributed by atoms with Gasteiger partial charge in [-0.15, -0.1) is 0 Å². The summed E-state index contributed by atoms with van der Waals surface area (Å²) in [6.45, 7) is 1.89. The zero-order chi connectivity index (χ0) is 23.0. The van der Waals surface area contributed by atoms with Gasteiger partial charge >= 0.3 is 0 Å². The summed E-state index contributed by atoms with van der Waals surface area (Å²) in [6, 6.07) is 4.75. The third-order valence-electron chi connectivity index (χ3n) is 3.86. The Morgan fingerprint density at radius 1 is 1.16 bits per heavy atom. The topological polar surface area (TPSA) is 76.7 Å². The first kappa shape index (κ1) is 24.1. The number of nitrogens with one attached hydrogen (secondary N) is 2. The first-order chi connectivity index (χ1) is 14.8. The van der Waals surface area contributed by atoms with Gasteiger partial charge in [0.15, 0.2) is 29.0 Å². The number of rotatable bonds is 9. The molecule has 6 nitrogen and oxygen atoms in total. The molecule has 2 N–H and O–H groups in total. The van der Waals surface area contributed by atoms with E-state index in [4.69, 9.17) is 21.1 Å². The van der Waals surface area contributed by atoms with Gasteiger partial charge in [0.2, 0.25) is 11.8 Å². The summed E-state index contributed by atoms with van der Waals surface area (Å²) in [4.78, 5) is 23.7. The van der Waals surface area contributed by atoms with E-state index in [1.54, 1.807) is 12.1 Å². The molecule has 0 spiro atoms. The Hall–Kier alpha value is -3.20. The molecular weight excluding hydrogens is 437 g/mol. The number of ether oxygens (including phenoxy) is 2. The number of anilines is 1. The third-order valence-corrected chi connectivity index (χ3v) is 4.14. The lowest BCUT2D eigenvalue weighted by Gasteiger charge is -2.12. The van der Waals surface area contributed by atoms with E-state index in [1.807, 2.05) is 12.2 Å². The fraction of sp³-hybridized carbons (Fsp3) is 0.238. The van der Waals surface area contributed by atoms with Crippen molar-refractivity contribution in [2.45, 2.75) is 13.3 Å². The zero-order valence-corrected chi connectivity index (χ0v) is 17.5. The van der Waals surface area contributed by atoms with Crippen molar-refractivity contribution in [1.29, 1.82) is 0 Å². The van der Waals surface area contributed by atoms with Gasteiger partial charge < -0.3 is 20.1 Å². The van der Waals surface area contributed by atoms with Crippen LogP contribution in [0.25, 0.3) is 6.08 Å². The van der Waals surface area contributed by atoms with Crippen LogP contribution in [-0.4, -0.2) is 32.1 Å². The van der Waals surface area contributed by atoms with Crippen LogP contribution in [0.4, 0.5) is 18.9 Å². The highest BCUT2D eigenvalue weighted by Crippen LogP contribution is 2.36. The summed E-state index contributed by atoms with van der Waals surface area (Å²) in [5.74, 6) is -5.27. The normalized spacial score (nSPS) is 10.8. The molecule has 0 saturated carbocycles. The molecule has 0 bridgehead atoms. The fourth-order valence-corrected chi connectivity index (χ4v) is 2.67. The average molecular weight is 457 g/mol. The smallest absolute Gasteiger partial charge is 0.244 e. The van der Waals surface area contributed by atoms with Crippen LogP contribution in [0.3, 0.4) is 0 Å². The quantitative estimate of drug-likeness (QED) is 0.435. The van der Waals surface area contributed by atoms with Crippen LogP contribution < -0.4 is 20.1 Å². The molecule has 0 radical (unpaired) electrons. The second kappa shape index (κ2) is 11.3. The third kappa shape index (κ3) is 6.65. The van der Waals surface area contributed by atoms with Crippen molar-refractivity contribution in [1.82, 2.24) is 5.32 Å². The second-order valence-corrected chi connectivity index (χ2v) is 6.61. The zero-order valence-electron chi connectivity index (χ0n) is 16.7. The number of hydrogen-bond donors (Lipinski definition) is 2. The molecule has 0 aliphatic heterocycles. The van der Waals surface area contributed by atoms with Crippen LogP contribution in [-0.2, 0) is 9.59 Å². The molecule has 0 aliphatic carbocycles. The van der Waals surface area contributed by atoms with Crippen LogP contribution in [0.2, 0.25) is 5.02 Å². The number of halogens is 4. The van der Waals surface area contributed by atoms with Gasteiger partial charge in [0.1, 0.15) is 0 Å². The van der Waals surface area contributed by atoms with Gasteiger partial charge in [-0.3, -0.25) is 9.59 Å². The Labute approximate surface area is 182 Å². The molecule has 0 heterocycles. The van der Waals surface area contributed by atoms with E-state index < -0.39 is 41.5 Å². The summed E-state index contributed by atoms with van der Waals surface area (Å²) in [6.07, 6.45) is 3.39. The van der Waals surface area contributed by atoms with Crippen LogP contribution in [0.15, 0.2) is 30.3 Å². The molecule has 166 valence electrons. The predicted octanol–water partition coefficient (Wildman–Crippen LogP) is 4.32. The summed E-state index contributed by atoms with van der Waals surface area (Å²) in [5.41, 5.74) is 0.00923. The maximum absolute atomic E-state index is 13.6. The van der Waals surface area contributed by atoms with Gasteiger partial charge in [0.25, 0.3) is 0 Å². The largest absolute Gasteiger partial charge is 0.493 e. The fourth-order valence-electron chi connectivity index (χ4n) is 2.40. The van der Waals surface area contributed by atoms with E-state index in [2.05, 4.69) is 5.32 Å². The van der Waals surface area contributed by atoms with Crippen LogP contribution in [0.1, 0.15) is 18.9 Å². The number of amides is 2. The number of carbonyl (C=O) groups excluding carboxylic acids is 2. The van der Waals surface area contributed by atoms with Crippen LogP contribution in [0.5, 0.6) is 11.5 Å². The molecule has 2 aromatic carbocycles. The van der Waals surface area contributed by atoms with Crippen molar-refractivity contribution in [3.8, 4) is 11.5 Å². The SMILES string of the molecule is CCCOc1c(Cl)cc(C=CC(=O)NCC(=O)Nc2ccc(F)c(F)c2F)cc1OC. The minimum absolute atomic E-state index is 0.306. The van der Waals surface area contributed by atoms with Gasteiger partial charge in [0, 0.05) is 6.08 Å². The minimum atomic E-state index is -1.70. The molecule has 0 fully saturated rings. The summed E-state index contributed by atoms with van der Waals surface area (Å²) in [7, 11) is 1.46. The van der Waals surface area contributed by atoms with Gasteiger partial charge in [-0.05, 0) is 42.3 Å². The van der Waals surface area contributed by atoms with E-state index in [9.17, 15) is 22.8 Å². The summed E-state index contributed by atoms with van der Waals surface area (Å²) < 4.78 is 50.5. The van der Waals surface area contributed by atoms with Gasteiger partial charge in [0.05, 0.1) is 31.0 Å². The van der Waals surface area contributed by atoms with E-state index in [0.717, 1.165) is 18.6 Å². The molecule has 0 aliphatic rings. The number of methoxy groups -OCH3 is 1. The Morgan fingerprint density at radius 3 is 2.58 bits per heavy atom. The highest BCUT2D eigenvalue weighted by molar-refractivity contribution is 6.32. The number of hydrogen-bond acceptors (Lipinski definition) is 4. The lowest BCUT2D eigenvalue weighted by Crippen LogP contribution is -2.32. The molecule has 31 heavy (non-hydrogen) atoms. The monoisotopic (exact) mass is 456 g/mol. The molecule has 2 aromatic rings. The summed E-state index contributed by atoms with van der Waals surface area (Å²) >= 11 is 6.20. The van der Waals surface area contributed by atoms with E-state index in [-0.39, 0.29) is 0 Å².